The van der Waals surface area contributed by atoms with Crippen LogP contribution in [0.25, 0.3) is 0 Å². The first kappa shape index (κ1) is 19.6. The minimum absolute atomic E-state index is 0.0799. The summed E-state index contributed by atoms with van der Waals surface area (Å²) in [5.74, 6) is 2.47. The average Bonchev–Trinajstić information content (AvgIpc) is 3.28. The van der Waals surface area contributed by atoms with Gasteiger partial charge in [-0.25, -0.2) is 4.98 Å². The Balaban J connectivity index is 1.38. The van der Waals surface area contributed by atoms with Crippen LogP contribution in [-0.2, 0) is 19.3 Å². The molecule has 0 aliphatic heterocycles. The summed E-state index contributed by atoms with van der Waals surface area (Å²) in [7, 11) is 1.76. The second-order valence-corrected chi connectivity index (χ2v) is 8.33. The van der Waals surface area contributed by atoms with Crippen LogP contribution in [-0.4, -0.2) is 12.1 Å². The predicted molar refractivity (Wildman–Crippen MR) is 123 cm³/mol. The van der Waals surface area contributed by atoms with E-state index >= 15 is 0 Å². The Bertz CT molecular complexity index is 1090. The largest absolute Gasteiger partial charge is 0.496 e. The molecule has 0 radical (unpaired) electrons. The molecule has 156 valence electrons. The normalized spacial score (nSPS) is 15.6. The van der Waals surface area contributed by atoms with Gasteiger partial charge >= 0.3 is 0 Å². The molecule has 3 heteroatoms. The molecule has 1 unspecified atom stereocenters. The third-order valence-corrected chi connectivity index (χ3v) is 6.36. The number of nitrogens with zero attached hydrogens (tertiary/aromatic N) is 1. The Hall–Kier alpha value is -3.33. The Morgan fingerprint density at radius 3 is 2.32 bits per heavy atom. The van der Waals surface area contributed by atoms with E-state index in [0.717, 1.165) is 43.0 Å². The quantitative estimate of drug-likeness (QED) is 0.380. The van der Waals surface area contributed by atoms with Gasteiger partial charge in [-0.1, -0.05) is 72.8 Å². The highest BCUT2D eigenvalue weighted by Crippen LogP contribution is 2.35. The van der Waals surface area contributed by atoms with Gasteiger partial charge in [0.25, 0.3) is 0 Å². The van der Waals surface area contributed by atoms with Crippen LogP contribution in [0.5, 0.6) is 5.75 Å². The number of oxazole rings is 1. The lowest BCUT2D eigenvalue weighted by Crippen LogP contribution is -2.17. The van der Waals surface area contributed by atoms with Crippen LogP contribution < -0.4 is 4.74 Å². The van der Waals surface area contributed by atoms with Crippen molar-refractivity contribution in [3.8, 4) is 5.75 Å². The summed E-state index contributed by atoms with van der Waals surface area (Å²) in [6.07, 6.45) is 5.94. The molecule has 1 aliphatic carbocycles. The zero-order valence-electron chi connectivity index (χ0n) is 17.8. The van der Waals surface area contributed by atoms with Crippen molar-refractivity contribution in [3.05, 3.63) is 119 Å². The predicted octanol–water partition coefficient (Wildman–Crippen LogP) is 6.21. The van der Waals surface area contributed by atoms with E-state index in [1.807, 2.05) is 6.26 Å². The third kappa shape index (κ3) is 4.13. The molecule has 4 aromatic rings. The fourth-order valence-corrected chi connectivity index (χ4v) is 4.84. The van der Waals surface area contributed by atoms with Gasteiger partial charge < -0.3 is 9.15 Å². The molecule has 0 saturated carbocycles. The van der Waals surface area contributed by atoms with Gasteiger partial charge in [0.2, 0.25) is 0 Å². The van der Waals surface area contributed by atoms with Gasteiger partial charge in [-0.15, -0.1) is 0 Å². The van der Waals surface area contributed by atoms with Gasteiger partial charge in [-0.2, -0.15) is 0 Å². The standard InChI is InChI=1S/C28H27NO2/c1-30-26-14-8-13-23-17-20(15-16-24(23)26)18-27-29-25(19-31-27)28(21-9-4-2-5-10-21)22-11-6-3-7-12-22/h2-14,19-20,28H,15-18H2,1H3. The molecular weight excluding hydrogens is 382 g/mol. The highest BCUT2D eigenvalue weighted by atomic mass is 16.5. The van der Waals surface area contributed by atoms with E-state index in [4.69, 9.17) is 14.1 Å². The molecule has 0 spiro atoms. The summed E-state index contributed by atoms with van der Waals surface area (Å²) < 4.78 is 11.5. The molecule has 0 amide bonds. The number of hydrogen-bond acceptors (Lipinski definition) is 3. The molecule has 31 heavy (non-hydrogen) atoms. The topological polar surface area (TPSA) is 35.3 Å². The highest BCUT2D eigenvalue weighted by molar-refractivity contribution is 5.42. The zero-order chi connectivity index (χ0) is 21.0. The second kappa shape index (κ2) is 8.81. The highest BCUT2D eigenvalue weighted by Gasteiger charge is 2.25. The Morgan fingerprint density at radius 1 is 0.935 bits per heavy atom. The summed E-state index contributed by atoms with van der Waals surface area (Å²) >= 11 is 0. The van der Waals surface area contributed by atoms with Crippen molar-refractivity contribution in [2.75, 3.05) is 7.11 Å². The summed E-state index contributed by atoms with van der Waals surface area (Å²) in [5.41, 5.74) is 6.20. The van der Waals surface area contributed by atoms with Gasteiger partial charge in [0.1, 0.15) is 12.0 Å². The lowest BCUT2D eigenvalue weighted by atomic mass is 9.82. The van der Waals surface area contributed by atoms with E-state index in [9.17, 15) is 0 Å². The summed E-state index contributed by atoms with van der Waals surface area (Å²) in [6, 6.07) is 27.5. The first-order valence-electron chi connectivity index (χ1n) is 11.0. The van der Waals surface area contributed by atoms with Crippen LogP contribution in [0.15, 0.2) is 89.5 Å². The molecule has 1 heterocycles. The molecular formula is C28H27NO2. The lowest BCUT2D eigenvalue weighted by molar-refractivity contribution is 0.376. The van der Waals surface area contributed by atoms with Crippen molar-refractivity contribution in [2.45, 2.75) is 31.6 Å². The van der Waals surface area contributed by atoms with Gasteiger partial charge in [-0.05, 0) is 53.5 Å². The maximum atomic E-state index is 5.99. The molecule has 0 bridgehead atoms. The first-order valence-corrected chi connectivity index (χ1v) is 11.0. The van der Waals surface area contributed by atoms with E-state index < -0.39 is 0 Å². The number of rotatable bonds is 6. The van der Waals surface area contributed by atoms with E-state index in [-0.39, 0.29) is 5.92 Å². The van der Waals surface area contributed by atoms with E-state index in [1.54, 1.807) is 7.11 Å². The van der Waals surface area contributed by atoms with Crippen LogP contribution >= 0.6 is 0 Å². The monoisotopic (exact) mass is 409 g/mol. The Labute approximate surface area is 183 Å². The van der Waals surface area contributed by atoms with E-state index in [1.165, 1.54) is 22.3 Å². The van der Waals surface area contributed by atoms with Crippen LogP contribution in [0.4, 0.5) is 0 Å². The van der Waals surface area contributed by atoms with E-state index in [0.29, 0.717) is 5.92 Å². The van der Waals surface area contributed by atoms with Gasteiger partial charge in [0.05, 0.1) is 18.7 Å². The summed E-state index contributed by atoms with van der Waals surface area (Å²) in [5, 5.41) is 0. The number of methoxy groups -OCH3 is 1. The molecule has 0 saturated heterocycles. The number of benzene rings is 3. The molecule has 3 aromatic carbocycles. The molecule has 1 atom stereocenters. The van der Waals surface area contributed by atoms with Crippen molar-refractivity contribution in [2.24, 2.45) is 5.92 Å². The van der Waals surface area contributed by atoms with Crippen molar-refractivity contribution >= 4 is 0 Å². The number of ether oxygens (including phenoxy) is 1. The number of fused-ring (bicyclic) bond motifs is 1. The minimum atomic E-state index is 0.0799. The molecule has 5 rings (SSSR count). The Kier molecular flexibility index (Phi) is 5.57. The maximum absolute atomic E-state index is 5.99. The number of hydrogen-bond donors (Lipinski definition) is 0. The minimum Gasteiger partial charge on any atom is -0.496 e. The maximum Gasteiger partial charge on any atom is 0.194 e. The van der Waals surface area contributed by atoms with Crippen LogP contribution in [0.1, 0.15) is 46.2 Å². The number of aromatic nitrogens is 1. The molecule has 3 nitrogen and oxygen atoms in total. The van der Waals surface area contributed by atoms with Gasteiger partial charge in [0, 0.05) is 6.42 Å². The van der Waals surface area contributed by atoms with Gasteiger partial charge in [0.15, 0.2) is 5.89 Å². The van der Waals surface area contributed by atoms with Crippen LogP contribution in [0.2, 0.25) is 0 Å². The first-order chi connectivity index (χ1) is 15.3. The third-order valence-electron chi connectivity index (χ3n) is 6.36. The zero-order valence-corrected chi connectivity index (χ0v) is 17.8. The van der Waals surface area contributed by atoms with Crippen molar-refractivity contribution < 1.29 is 9.15 Å². The van der Waals surface area contributed by atoms with Crippen LogP contribution in [0.3, 0.4) is 0 Å². The van der Waals surface area contributed by atoms with E-state index in [2.05, 4.69) is 78.9 Å². The molecule has 1 aliphatic rings. The average molecular weight is 410 g/mol. The fourth-order valence-electron chi connectivity index (χ4n) is 4.84. The van der Waals surface area contributed by atoms with Crippen molar-refractivity contribution in [1.82, 2.24) is 4.98 Å². The SMILES string of the molecule is COc1cccc2c1CCC(Cc1nc(C(c3ccccc3)c3ccccc3)co1)C2. The van der Waals surface area contributed by atoms with Crippen LogP contribution in [0, 0.1) is 5.92 Å². The summed E-state index contributed by atoms with van der Waals surface area (Å²) in [4.78, 5) is 4.96. The second-order valence-electron chi connectivity index (χ2n) is 8.33. The lowest BCUT2D eigenvalue weighted by Gasteiger charge is -2.25. The Morgan fingerprint density at radius 2 is 1.65 bits per heavy atom. The smallest absolute Gasteiger partial charge is 0.194 e. The van der Waals surface area contributed by atoms with Crippen molar-refractivity contribution in [1.29, 1.82) is 0 Å². The molecule has 0 N–H and O–H groups in total. The molecule has 0 fully saturated rings. The van der Waals surface area contributed by atoms with Crippen molar-refractivity contribution in [3.63, 3.8) is 0 Å². The molecule has 1 aromatic heterocycles. The van der Waals surface area contributed by atoms with Gasteiger partial charge in [-0.3, -0.25) is 0 Å². The fraction of sp³-hybridized carbons (Fsp3) is 0.250. The summed E-state index contributed by atoms with van der Waals surface area (Å²) in [6.45, 7) is 0.